The zero-order valence-electron chi connectivity index (χ0n) is 10.2. The molecule has 90 valence electrons. The molecule has 0 unspecified atom stereocenters. The third kappa shape index (κ3) is 5.74. The number of likely N-dealkylation sites (N-methyl/N-ethyl adjacent to an activating group) is 1. The van der Waals surface area contributed by atoms with E-state index >= 15 is 0 Å². The van der Waals surface area contributed by atoms with Crippen LogP contribution in [-0.4, -0.2) is 43.7 Å². The number of hydrogen-bond donors (Lipinski definition) is 1. The van der Waals surface area contributed by atoms with Crippen molar-refractivity contribution in [1.82, 2.24) is 4.90 Å². The highest BCUT2D eigenvalue weighted by Gasteiger charge is 2.18. The summed E-state index contributed by atoms with van der Waals surface area (Å²) in [6.07, 6.45) is 2.86. The second kappa shape index (κ2) is 8.68. The molecule has 0 radical (unpaired) electrons. The minimum Gasteiger partial charge on any atom is -0.383 e. The predicted octanol–water partition coefficient (Wildman–Crippen LogP) is 0.999. The van der Waals surface area contributed by atoms with Gasteiger partial charge in [0.25, 0.3) is 0 Å². The van der Waals surface area contributed by atoms with E-state index in [1.807, 2.05) is 6.92 Å². The first-order chi connectivity index (χ1) is 7.17. The van der Waals surface area contributed by atoms with Crippen LogP contribution in [-0.2, 0) is 9.53 Å². The first kappa shape index (κ1) is 14.4. The topological polar surface area (TPSA) is 55.6 Å². The number of nitrogens with zero attached hydrogens (tertiary/aromatic N) is 1. The Hall–Kier alpha value is -0.610. The number of ether oxygens (including phenoxy) is 1. The number of carbonyl (C=O) groups excluding carboxylic acids is 1. The second-order valence-electron chi connectivity index (χ2n) is 3.66. The highest BCUT2D eigenvalue weighted by atomic mass is 16.5. The van der Waals surface area contributed by atoms with Crippen molar-refractivity contribution in [3.8, 4) is 0 Å². The van der Waals surface area contributed by atoms with Crippen molar-refractivity contribution in [3.05, 3.63) is 0 Å². The zero-order chi connectivity index (χ0) is 11.7. The molecule has 0 aliphatic heterocycles. The summed E-state index contributed by atoms with van der Waals surface area (Å²) in [5, 5.41) is 0. The maximum absolute atomic E-state index is 11.8. The van der Waals surface area contributed by atoms with Crippen molar-refractivity contribution in [3.63, 3.8) is 0 Å². The quantitative estimate of drug-likeness (QED) is 0.658. The van der Waals surface area contributed by atoms with Gasteiger partial charge in [-0.3, -0.25) is 4.79 Å². The molecule has 15 heavy (non-hydrogen) atoms. The standard InChI is InChI=1S/C11H24N2O2/c1-4-6-7-10(12)11(14)13(5-2)8-9-15-3/h10H,4-9,12H2,1-3H3/t10-/m0/s1. The summed E-state index contributed by atoms with van der Waals surface area (Å²) in [5.74, 6) is 0.0444. The summed E-state index contributed by atoms with van der Waals surface area (Å²) in [5.41, 5.74) is 5.82. The van der Waals surface area contributed by atoms with Gasteiger partial charge in [-0.05, 0) is 13.3 Å². The van der Waals surface area contributed by atoms with E-state index < -0.39 is 0 Å². The Labute approximate surface area is 92.8 Å². The fraction of sp³-hybridized carbons (Fsp3) is 0.909. The third-order valence-electron chi connectivity index (χ3n) is 2.44. The van der Waals surface area contributed by atoms with E-state index in [4.69, 9.17) is 10.5 Å². The number of amides is 1. The van der Waals surface area contributed by atoms with Gasteiger partial charge in [-0.1, -0.05) is 19.8 Å². The molecule has 1 amide bonds. The molecule has 0 aromatic carbocycles. The maximum Gasteiger partial charge on any atom is 0.239 e. The molecule has 0 spiro atoms. The number of hydrogen-bond acceptors (Lipinski definition) is 3. The van der Waals surface area contributed by atoms with Gasteiger partial charge in [0.05, 0.1) is 12.6 Å². The lowest BCUT2D eigenvalue weighted by Crippen LogP contribution is -2.44. The molecule has 1 atom stereocenters. The minimum absolute atomic E-state index is 0.0444. The Bertz CT molecular complexity index is 174. The summed E-state index contributed by atoms with van der Waals surface area (Å²) in [6.45, 7) is 5.95. The SMILES string of the molecule is CCCC[C@H](N)C(=O)N(CC)CCOC. The van der Waals surface area contributed by atoms with Crippen LogP contribution in [0.4, 0.5) is 0 Å². The molecule has 0 heterocycles. The predicted molar refractivity (Wildman–Crippen MR) is 61.6 cm³/mol. The van der Waals surface area contributed by atoms with Crippen molar-refractivity contribution in [2.75, 3.05) is 26.8 Å². The first-order valence-electron chi connectivity index (χ1n) is 5.70. The van der Waals surface area contributed by atoms with Crippen LogP contribution in [0.2, 0.25) is 0 Å². The van der Waals surface area contributed by atoms with Gasteiger partial charge in [0.15, 0.2) is 0 Å². The lowest BCUT2D eigenvalue weighted by Gasteiger charge is -2.23. The molecule has 0 saturated carbocycles. The van der Waals surface area contributed by atoms with Gasteiger partial charge in [0.1, 0.15) is 0 Å². The van der Waals surface area contributed by atoms with Gasteiger partial charge < -0.3 is 15.4 Å². The van der Waals surface area contributed by atoms with Gasteiger partial charge in [-0.2, -0.15) is 0 Å². The minimum atomic E-state index is -0.346. The number of rotatable bonds is 8. The Balaban J connectivity index is 4.00. The smallest absolute Gasteiger partial charge is 0.239 e. The van der Waals surface area contributed by atoms with Crippen LogP contribution in [0.15, 0.2) is 0 Å². The number of unbranched alkanes of at least 4 members (excludes halogenated alkanes) is 1. The largest absolute Gasteiger partial charge is 0.383 e. The van der Waals surface area contributed by atoms with Crippen LogP contribution in [0.1, 0.15) is 33.1 Å². The van der Waals surface area contributed by atoms with E-state index in [2.05, 4.69) is 6.92 Å². The zero-order valence-corrected chi connectivity index (χ0v) is 10.2. The van der Waals surface area contributed by atoms with Gasteiger partial charge in [0.2, 0.25) is 5.91 Å². The van der Waals surface area contributed by atoms with Crippen molar-refractivity contribution < 1.29 is 9.53 Å². The summed E-state index contributed by atoms with van der Waals surface area (Å²) >= 11 is 0. The summed E-state index contributed by atoms with van der Waals surface area (Å²) in [4.78, 5) is 13.6. The van der Waals surface area contributed by atoms with Gasteiger partial charge in [-0.15, -0.1) is 0 Å². The highest BCUT2D eigenvalue weighted by molar-refractivity contribution is 5.81. The Morgan fingerprint density at radius 3 is 2.60 bits per heavy atom. The fourth-order valence-electron chi connectivity index (χ4n) is 1.41. The Morgan fingerprint density at radius 1 is 1.47 bits per heavy atom. The molecular weight excluding hydrogens is 192 g/mol. The molecule has 0 aromatic rings. The molecule has 0 saturated heterocycles. The molecule has 0 bridgehead atoms. The van der Waals surface area contributed by atoms with Crippen LogP contribution < -0.4 is 5.73 Å². The molecule has 0 fully saturated rings. The van der Waals surface area contributed by atoms with E-state index in [0.717, 1.165) is 19.3 Å². The first-order valence-corrected chi connectivity index (χ1v) is 5.70. The highest BCUT2D eigenvalue weighted by Crippen LogP contribution is 2.02. The molecule has 0 aromatic heterocycles. The monoisotopic (exact) mass is 216 g/mol. The van der Waals surface area contributed by atoms with E-state index in [1.54, 1.807) is 12.0 Å². The molecule has 0 rings (SSSR count). The summed E-state index contributed by atoms with van der Waals surface area (Å²) < 4.78 is 4.95. The summed E-state index contributed by atoms with van der Waals surface area (Å²) in [6, 6.07) is -0.346. The Morgan fingerprint density at radius 2 is 2.13 bits per heavy atom. The summed E-state index contributed by atoms with van der Waals surface area (Å²) in [7, 11) is 1.63. The van der Waals surface area contributed by atoms with Gasteiger partial charge >= 0.3 is 0 Å². The molecule has 4 heteroatoms. The number of methoxy groups -OCH3 is 1. The van der Waals surface area contributed by atoms with Gasteiger partial charge in [-0.25, -0.2) is 0 Å². The van der Waals surface area contributed by atoms with Crippen LogP contribution in [0, 0.1) is 0 Å². The van der Waals surface area contributed by atoms with Crippen LogP contribution in [0.25, 0.3) is 0 Å². The van der Waals surface area contributed by atoms with Crippen molar-refractivity contribution in [2.45, 2.75) is 39.2 Å². The third-order valence-corrected chi connectivity index (χ3v) is 2.44. The van der Waals surface area contributed by atoms with Crippen LogP contribution in [0.3, 0.4) is 0 Å². The lowest BCUT2D eigenvalue weighted by atomic mass is 10.1. The lowest BCUT2D eigenvalue weighted by molar-refractivity contribution is -0.133. The van der Waals surface area contributed by atoms with Crippen molar-refractivity contribution in [2.24, 2.45) is 5.73 Å². The number of carbonyl (C=O) groups is 1. The maximum atomic E-state index is 11.8. The normalized spacial score (nSPS) is 12.5. The van der Waals surface area contributed by atoms with E-state index in [9.17, 15) is 4.79 Å². The fourth-order valence-corrected chi connectivity index (χ4v) is 1.41. The molecule has 4 nitrogen and oxygen atoms in total. The van der Waals surface area contributed by atoms with E-state index in [0.29, 0.717) is 19.7 Å². The van der Waals surface area contributed by atoms with Crippen LogP contribution >= 0.6 is 0 Å². The van der Waals surface area contributed by atoms with Gasteiger partial charge in [0, 0.05) is 20.2 Å². The molecule has 2 N–H and O–H groups in total. The van der Waals surface area contributed by atoms with Crippen LogP contribution in [0.5, 0.6) is 0 Å². The van der Waals surface area contributed by atoms with E-state index in [1.165, 1.54) is 0 Å². The number of nitrogens with two attached hydrogens (primary N) is 1. The second-order valence-corrected chi connectivity index (χ2v) is 3.66. The average Bonchev–Trinajstić information content (AvgIpc) is 2.26. The molecule has 0 aliphatic carbocycles. The Kier molecular flexibility index (Phi) is 8.33. The molecule has 0 aliphatic rings. The van der Waals surface area contributed by atoms with E-state index in [-0.39, 0.29) is 11.9 Å². The van der Waals surface area contributed by atoms with Crippen molar-refractivity contribution in [1.29, 1.82) is 0 Å². The average molecular weight is 216 g/mol. The molecular formula is C11H24N2O2. The van der Waals surface area contributed by atoms with Crippen molar-refractivity contribution >= 4 is 5.91 Å².